The van der Waals surface area contributed by atoms with Gasteiger partial charge in [0.1, 0.15) is 21.9 Å². The predicted molar refractivity (Wildman–Crippen MR) is 73.6 cm³/mol. The quantitative estimate of drug-likeness (QED) is 0.669. The Labute approximate surface area is 114 Å². The summed E-state index contributed by atoms with van der Waals surface area (Å²) in [7, 11) is 0. The number of halogens is 2. The summed E-state index contributed by atoms with van der Waals surface area (Å²) in [6.07, 6.45) is 1.28. The number of hydrogen-bond acceptors (Lipinski definition) is 3. The van der Waals surface area contributed by atoms with Gasteiger partial charge in [0, 0.05) is 0 Å². The van der Waals surface area contributed by atoms with E-state index in [-0.39, 0.29) is 16.3 Å². The van der Waals surface area contributed by atoms with Crippen LogP contribution in [0.5, 0.6) is 5.75 Å². The maximum absolute atomic E-state index is 11.7. The molecule has 0 spiro atoms. The van der Waals surface area contributed by atoms with E-state index in [1.807, 2.05) is 0 Å². The third-order valence-corrected chi connectivity index (χ3v) is 4.07. The average Bonchev–Trinajstić information content (AvgIpc) is 2.22. The van der Waals surface area contributed by atoms with Gasteiger partial charge in [-0.1, -0.05) is 27.6 Å². The van der Waals surface area contributed by atoms with Crippen LogP contribution in [0.4, 0.5) is 0 Å². The largest absolute Gasteiger partial charge is 0.591 e. The molecule has 6 heteroatoms. The number of nitrogens with zero attached hydrogens (tertiary/aromatic N) is 1. The summed E-state index contributed by atoms with van der Waals surface area (Å²) in [6.45, 7) is 5.42. The molecule has 0 aliphatic carbocycles. The van der Waals surface area contributed by atoms with Gasteiger partial charge in [-0.15, -0.1) is 0 Å². The zero-order valence-electron chi connectivity index (χ0n) is 9.70. The van der Waals surface area contributed by atoms with Crippen LogP contribution in [0.25, 0.3) is 0 Å². The first-order valence-electron chi connectivity index (χ1n) is 4.86. The standard InChI is InChI=1S/C11H13Cl2NO2S/c1-11(2,3)17(16)14-6-7-9(15)5-4-8(12)10(7)13/h4-6,15H,1-3H3. The van der Waals surface area contributed by atoms with Crippen LogP contribution in [0.2, 0.25) is 10.0 Å². The number of aromatic hydroxyl groups is 1. The fraction of sp³-hybridized carbons (Fsp3) is 0.364. The van der Waals surface area contributed by atoms with Crippen molar-refractivity contribution in [1.29, 1.82) is 0 Å². The molecule has 0 saturated carbocycles. The highest BCUT2D eigenvalue weighted by atomic mass is 35.5. The fourth-order valence-electron chi connectivity index (χ4n) is 0.938. The lowest BCUT2D eigenvalue weighted by molar-refractivity contribution is 0.474. The molecule has 1 unspecified atom stereocenters. The van der Waals surface area contributed by atoms with Crippen LogP contribution in [0.1, 0.15) is 26.3 Å². The molecular weight excluding hydrogens is 281 g/mol. The Morgan fingerprint density at radius 1 is 1.35 bits per heavy atom. The van der Waals surface area contributed by atoms with Crippen molar-refractivity contribution >= 4 is 40.8 Å². The second kappa shape index (κ2) is 5.48. The van der Waals surface area contributed by atoms with Gasteiger partial charge in [-0.25, -0.2) is 0 Å². The molecule has 0 aliphatic heterocycles. The minimum atomic E-state index is -1.40. The first-order chi connectivity index (χ1) is 7.73. The SMILES string of the molecule is CC(C)(C)[S+]([O-])N=Cc1c(O)ccc(Cl)c1Cl. The van der Waals surface area contributed by atoms with Crippen molar-refractivity contribution in [3.63, 3.8) is 0 Å². The van der Waals surface area contributed by atoms with Gasteiger partial charge in [0.05, 0.1) is 21.8 Å². The normalized spacial score (nSPS) is 14.2. The van der Waals surface area contributed by atoms with Crippen LogP contribution in [0.15, 0.2) is 16.5 Å². The van der Waals surface area contributed by atoms with E-state index in [9.17, 15) is 9.66 Å². The van der Waals surface area contributed by atoms with Crippen LogP contribution in [-0.2, 0) is 11.4 Å². The van der Waals surface area contributed by atoms with E-state index in [1.165, 1.54) is 18.3 Å². The lowest BCUT2D eigenvalue weighted by atomic mass is 10.2. The topological polar surface area (TPSA) is 55.7 Å². The van der Waals surface area contributed by atoms with Gasteiger partial charge in [-0.2, -0.15) is 0 Å². The third-order valence-electron chi connectivity index (χ3n) is 1.91. The molecule has 1 aromatic carbocycles. The Kier molecular flexibility index (Phi) is 4.72. The number of phenols is 1. The molecular formula is C11H13Cl2NO2S. The molecule has 1 aromatic rings. The Bertz CT molecular complexity index is 444. The first kappa shape index (κ1) is 14.6. The Morgan fingerprint density at radius 3 is 2.47 bits per heavy atom. The minimum Gasteiger partial charge on any atom is -0.591 e. The number of rotatable bonds is 2. The van der Waals surface area contributed by atoms with Gasteiger partial charge < -0.3 is 9.66 Å². The summed E-state index contributed by atoms with van der Waals surface area (Å²) >= 11 is 10.3. The Hall–Kier alpha value is -0.420. The maximum Gasteiger partial charge on any atom is 0.144 e. The molecule has 0 aromatic heterocycles. The summed E-state index contributed by atoms with van der Waals surface area (Å²) in [6, 6.07) is 2.90. The molecule has 1 rings (SSSR count). The lowest BCUT2D eigenvalue weighted by Crippen LogP contribution is -2.25. The van der Waals surface area contributed by atoms with E-state index in [0.717, 1.165) is 0 Å². The molecule has 0 heterocycles. The second-order valence-electron chi connectivity index (χ2n) is 4.39. The summed E-state index contributed by atoms with van der Waals surface area (Å²) in [5.74, 6) is -0.0472. The number of phenolic OH excluding ortho intramolecular Hbond substituents is 1. The van der Waals surface area contributed by atoms with E-state index in [4.69, 9.17) is 23.2 Å². The highest BCUT2D eigenvalue weighted by Crippen LogP contribution is 2.31. The average molecular weight is 294 g/mol. The van der Waals surface area contributed by atoms with E-state index in [0.29, 0.717) is 5.02 Å². The van der Waals surface area contributed by atoms with E-state index < -0.39 is 16.1 Å². The fourth-order valence-corrected chi connectivity index (χ4v) is 1.83. The summed E-state index contributed by atoms with van der Waals surface area (Å²) < 4.78 is 15.1. The van der Waals surface area contributed by atoms with Gasteiger partial charge in [0.25, 0.3) is 0 Å². The molecule has 1 N–H and O–H groups in total. The monoisotopic (exact) mass is 293 g/mol. The molecule has 0 saturated heterocycles. The smallest absolute Gasteiger partial charge is 0.144 e. The highest BCUT2D eigenvalue weighted by molar-refractivity contribution is 7.91. The Balaban J connectivity index is 3.04. The molecule has 0 aliphatic rings. The van der Waals surface area contributed by atoms with Gasteiger partial charge in [-0.05, 0) is 32.9 Å². The summed E-state index contributed by atoms with van der Waals surface area (Å²) in [4.78, 5) is 0. The van der Waals surface area contributed by atoms with Crippen molar-refractivity contribution in [3.05, 3.63) is 27.7 Å². The van der Waals surface area contributed by atoms with Crippen molar-refractivity contribution < 1.29 is 9.66 Å². The van der Waals surface area contributed by atoms with E-state index in [1.54, 1.807) is 20.8 Å². The zero-order chi connectivity index (χ0) is 13.2. The van der Waals surface area contributed by atoms with Crippen LogP contribution in [-0.4, -0.2) is 20.6 Å². The second-order valence-corrected chi connectivity index (χ2v) is 7.11. The molecule has 1 atom stereocenters. The highest BCUT2D eigenvalue weighted by Gasteiger charge is 2.26. The van der Waals surface area contributed by atoms with Gasteiger partial charge >= 0.3 is 0 Å². The molecule has 0 bridgehead atoms. The maximum atomic E-state index is 11.7. The van der Waals surface area contributed by atoms with Gasteiger partial charge in [-0.3, -0.25) is 0 Å². The van der Waals surface area contributed by atoms with Crippen molar-refractivity contribution in [2.45, 2.75) is 25.5 Å². The van der Waals surface area contributed by atoms with Crippen molar-refractivity contribution in [3.8, 4) is 5.75 Å². The van der Waals surface area contributed by atoms with Crippen LogP contribution in [0, 0.1) is 0 Å². The van der Waals surface area contributed by atoms with Gasteiger partial charge in [0.15, 0.2) is 0 Å². The van der Waals surface area contributed by atoms with Crippen LogP contribution < -0.4 is 0 Å². The van der Waals surface area contributed by atoms with Crippen molar-refractivity contribution in [2.24, 2.45) is 4.40 Å². The molecule has 0 radical (unpaired) electrons. The molecule has 0 amide bonds. The summed E-state index contributed by atoms with van der Waals surface area (Å²) in [5.41, 5.74) is 0.275. The summed E-state index contributed by atoms with van der Waals surface area (Å²) in [5, 5.41) is 10.1. The Morgan fingerprint density at radius 2 is 1.94 bits per heavy atom. The van der Waals surface area contributed by atoms with Crippen LogP contribution in [0.3, 0.4) is 0 Å². The zero-order valence-corrected chi connectivity index (χ0v) is 12.0. The minimum absolute atomic E-state index is 0.0472. The molecule has 17 heavy (non-hydrogen) atoms. The first-order valence-corrected chi connectivity index (χ1v) is 6.73. The number of benzene rings is 1. The van der Waals surface area contributed by atoms with Crippen molar-refractivity contribution in [1.82, 2.24) is 0 Å². The molecule has 94 valence electrons. The molecule has 3 nitrogen and oxygen atoms in total. The van der Waals surface area contributed by atoms with Gasteiger partial charge in [0.2, 0.25) is 0 Å². The van der Waals surface area contributed by atoms with Crippen LogP contribution >= 0.6 is 23.2 Å². The lowest BCUT2D eigenvalue weighted by Gasteiger charge is -2.17. The molecule has 0 fully saturated rings. The number of hydrogen-bond donors (Lipinski definition) is 1. The van der Waals surface area contributed by atoms with E-state index in [2.05, 4.69) is 4.40 Å². The van der Waals surface area contributed by atoms with Crippen molar-refractivity contribution in [2.75, 3.05) is 0 Å². The predicted octanol–water partition coefficient (Wildman–Crippen LogP) is 3.58. The third kappa shape index (κ3) is 3.78. The van der Waals surface area contributed by atoms with E-state index >= 15 is 0 Å².